The first kappa shape index (κ1) is 45.8. The molecule has 0 bridgehead atoms. The van der Waals surface area contributed by atoms with Crippen molar-refractivity contribution in [2.24, 2.45) is 0 Å². The van der Waals surface area contributed by atoms with E-state index in [0.717, 1.165) is 17.0 Å². The first-order valence-corrected chi connectivity index (χ1v) is 17.9. The summed E-state index contributed by atoms with van der Waals surface area (Å²) in [5.74, 6) is 0.832. The van der Waals surface area contributed by atoms with E-state index in [1.165, 1.54) is 0 Å². The summed E-state index contributed by atoms with van der Waals surface area (Å²) in [6.07, 6.45) is 1.84. The van der Waals surface area contributed by atoms with Gasteiger partial charge in [0.1, 0.15) is 11.4 Å². The van der Waals surface area contributed by atoms with Crippen LogP contribution >= 0.6 is 0 Å². The Bertz CT molecular complexity index is 1020. The molecule has 1 heterocycles. The van der Waals surface area contributed by atoms with E-state index in [2.05, 4.69) is 10.3 Å². The lowest BCUT2D eigenvalue weighted by molar-refractivity contribution is -0.0218. The van der Waals surface area contributed by atoms with E-state index in [1.807, 2.05) is 30.5 Å². The smallest absolute Gasteiger partial charge is 0.118 e. The highest BCUT2D eigenvalue weighted by Gasteiger charge is 2.02. The highest BCUT2D eigenvalue weighted by atomic mass is 16.6. The molecular formula is C35H61N3O14. The second-order valence-corrected chi connectivity index (χ2v) is 10.8. The van der Waals surface area contributed by atoms with Crippen LogP contribution in [0, 0.1) is 0 Å². The number of methoxy groups -OCH3 is 1. The van der Waals surface area contributed by atoms with Gasteiger partial charge in [0.2, 0.25) is 0 Å². The fourth-order valence-corrected chi connectivity index (χ4v) is 4.02. The Morgan fingerprint density at radius 1 is 0.462 bits per heavy atom. The van der Waals surface area contributed by atoms with Crippen molar-refractivity contribution in [3.8, 4) is 5.75 Å². The van der Waals surface area contributed by atoms with Crippen LogP contribution in [0.15, 0.2) is 30.5 Å². The second-order valence-electron chi connectivity index (χ2n) is 10.8. The number of hydrogen-bond acceptors (Lipinski definition) is 16. The van der Waals surface area contributed by atoms with Gasteiger partial charge in [0.15, 0.2) is 0 Å². The van der Waals surface area contributed by atoms with Crippen LogP contribution in [-0.4, -0.2) is 179 Å². The minimum absolute atomic E-state index is 0.0197. The van der Waals surface area contributed by atoms with Gasteiger partial charge in [-0.1, -0.05) is 17.3 Å². The van der Waals surface area contributed by atoms with Crippen LogP contribution in [-0.2, 0) is 76.6 Å². The quantitative estimate of drug-likeness (QED) is 0.0964. The normalized spacial score (nSPS) is 11.5. The van der Waals surface area contributed by atoms with Gasteiger partial charge in [-0.25, -0.2) is 4.68 Å². The number of benzene rings is 1. The van der Waals surface area contributed by atoms with Crippen LogP contribution in [0.2, 0.25) is 0 Å². The molecule has 0 fully saturated rings. The van der Waals surface area contributed by atoms with Crippen molar-refractivity contribution in [2.75, 3.05) is 159 Å². The molecule has 0 unspecified atom stereocenters. The van der Waals surface area contributed by atoms with Gasteiger partial charge < -0.3 is 66.7 Å². The number of hydrogen-bond donors (Lipinski definition) is 1. The summed E-state index contributed by atoms with van der Waals surface area (Å²) in [6.45, 7) is 12.2. The van der Waals surface area contributed by atoms with E-state index >= 15 is 0 Å². The lowest BCUT2D eigenvalue weighted by Gasteiger charge is -2.08. The maximum Gasteiger partial charge on any atom is 0.118 e. The summed E-state index contributed by atoms with van der Waals surface area (Å²) in [5, 5.41) is 16.8. The molecule has 0 atom stereocenters. The fraction of sp³-hybridized carbons (Fsp3) is 0.771. The minimum Gasteiger partial charge on any atom is -0.497 e. The van der Waals surface area contributed by atoms with Crippen LogP contribution in [0.4, 0.5) is 0 Å². The molecule has 0 spiro atoms. The molecule has 1 aromatic carbocycles. The van der Waals surface area contributed by atoms with Crippen LogP contribution in [0.25, 0.3) is 0 Å². The molecule has 2 aromatic rings. The van der Waals surface area contributed by atoms with Crippen molar-refractivity contribution < 1.29 is 66.7 Å². The molecule has 0 amide bonds. The number of aromatic nitrogens is 3. The predicted octanol–water partition coefficient (Wildman–Crippen LogP) is 1.18. The zero-order chi connectivity index (χ0) is 36.8. The highest BCUT2D eigenvalue weighted by molar-refractivity contribution is 5.26. The van der Waals surface area contributed by atoms with Gasteiger partial charge in [0.05, 0.1) is 185 Å². The van der Waals surface area contributed by atoms with E-state index in [-0.39, 0.29) is 6.61 Å². The average Bonchev–Trinajstić information content (AvgIpc) is 3.62. The molecule has 0 aliphatic carbocycles. The third kappa shape index (κ3) is 28.2. The lowest BCUT2D eigenvalue weighted by atomic mass is 10.2. The first-order valence-electron chi connectivity index (χ1n) is 17.9. The summed E-state index contributed by atoms with van der Waals surface area (Å²) in [6, 6.07) is 7.80. The molecule has 52 heavy (non-hydrogen) atoms. The number of aliphatic hydroxyl groups is 1. The minimum atomic E-state index is 0.0197. The third-order valence-electron chi connectivity index (χ3n) is 6.68. The Morgan fingerprint density at radius 2 is 0.827 bits per heavy atom. The standard InChI is InChI=1S/C35H61N3O14/c1-40-35-4-2-33(3-5-35)31-51-28-26-49-24-22-47-20-18-46-19-21-48-23-25-50-27-29-52-32-34-30-38(37-36-34)6-8-41-10-12-43-14-16-45-17-15-44-13-11-42-9-7-39/h2-5,30,39H,6-29,31-32H2,1H3. The van der Waals surface area contributed by atoms with Gasteiger partial charge in [-0.15, -0.1) is 5.10 Å². The van der Waals surface area contributed by atoms with Crippen LogP contribution in [0.1, 0.15) is 11.3 Å². The van der Waals surface area contributed by atoms with Crippen LogP contribution < -0.4 is 4.74 Å². The number of nitrogens with zero attached hydrogens (tertiary/aromatic N) is 3. The van der Waals surface area contributed by atoms with E-state index in [9.17, 15) is 0 Å². The van der Waals surface area contributed by atoms with Gasteiger partial charge in [-0.2, -0.15) is 0 Å². The van der Waals surface area contributed by atoms with Crippen molar-refractivity contribution in [2.45, 2.75) is 19.8 Å². The Balaban J connectivity index is 1.22. The molecule has 0 saturated carbocycles. The molecule has 2 rings (SSSR count). The van der Waals surface area contributed by atoms with E-state index in [4.69, 9.17) is 66.7 Å². The average molecular weight is 748 g/mol. The highest BCUT2D eigenvalue weighted by Crippen LogP contribution is 2.11. The van der Waals surface area contributed by atoms with E-state index in [0.29, 0.717) is 165 Å². The van der Waals surface area contributed by atoms with E-state index < -0.39 is 0 Å². The number of ether oxygens (including phenoxy) is 13. The van der Waals surface area contributed by atoms with Crippen LogP contribution in [0.3, 0.4) is 0 Å². The van der Waals surface area contributed by atoms with Crippen molar-refractivity contribution in [1.82, 2.24) is 15.0 Å². The van der Waals surface area contributed by atoms with Crippen LogP contribution in [0.5, 0.6) is 5.75 Å². The Morgan fingerprint density at radius 3 is 1.23 bits per heavy atom. The molecule has 0 radical (unpaired) electrons. The monoisotopic (exact) mass is 747 g/mol. The first-order chi connectivity index (χ1) is 25.8. The molecule has 17 heteroatoms. The molecule has 1 aromatic heterocycles. The zero-order valence-corrected chi connectivity index (χ0v) is 30.9. The largest absolute Gasteiger partial charge is 0.497 e. The zero-order valence-electron chi connectivity index (χ0n) is 30.9. The van der Waals surface area contributed by atoms with Crippen molar-refractivity contribution in [1.29, 1.82) is 0 Å². The molecule has 0 aliphatic rings. The van der Waals surface area contributed by atoms with Gasteiger partial charge in [0, 0.05) is 0 Å². The Hall–Kier alpha value is -2.36. The van der Waals surface area contributed by atoms with Gasteiger partial charge in [-0.3, -0.25) is 0 Å². The Labute approximate surface area is 307 Å². The van der Waals surface area contributed by atoms with Crippen molar-refractivity contribution in [3.05, 3.63) is 41.7 Å². The summed E-state index contributed by atoms with van der Waals surface area (Å²) < 4.78 is 72.6. The fourth-order valence-electron chi connectivity index (χ4n) is 4.02. The molecule has 0 aliphatic heterocycles. The second kappa shape index (κ2) is 35.7. The third-order valence-corrected chi connectivity index (χ3v) is 6.68. The van der Waals surface area contributed by atoms with Gasteiger partial charge >= 0.3 is 0 Å². The van der Waals surface area contributed by atoms with Crippen molar-refractivity contribution in [3.63, 3.8) is 0 Å². The molecule has 300 valence electrons. The molecule has 17 nitrogen and oxygen atoms in total. The topological polar surface area (TPSA) is 171 Å². The summed E-state index contributed by atoms with van der Waals surface area (Å²) >= 11 is 0. The summed E-state index contributed by atoms with van der Waals surface area (Å²) in [4.78, 5) is 0. The summed E-state index contributed by atoms with van der Waals surface area (Å²) in [5.41, 5.74) is 1.84. The molecular weight excluding hydrogens is 686 g/mol. The lowest BCUT2D eigenvalue weighted by Crippen LogP contribution is -2.14. The van der Waals surface area contributed by atoms with Crippen molar-refractivity contribution >= 4 is 0 Å². The SMILES string of the molecule is COc1ccc(COCCOCCOCCOCCOCCOCCOCc2cn(CCOCCOCCOCCOCCOCCO)nn2)cc1. The molecule has 0 saturated heterocycles. The number of aliphatic hydroxyl groups excluding tert-OH is 1. The summed E-state index contributed by atoms with van der Waals surface area (Å²) in [7, 11) is 1.65. The van der Waals surface area contributed by atoms with E-state index in [1.54, 1.807) is 11.8 Å². The van der Waals surface area contributed by atoms with Gasteiger partial charge in [-0.05, 0) is 17.7 Å². The maximum atomic E-state index is 8.60. The maximum absolute atomic E-state index is 8.60. The number of rotatable bonds is 40. The molecule has 1 N–H and O–H groups in total. The predicted molar refractivity (Wildman–Crippen MR) is 188 cm³/mol. The van der Waals surface area contributed by atoms with Gasteiger partial charge in [0.25, 0.3) is 0 Å². The Kier molecular flexibility index (Phi) is 31.4.